The Kier molecular flexibility index (Phi) is 3.88. The molecule has 0 aliphatic rings. The van der Waals surface area contributed by atoms with Gasteiger partial charge in [0, 0.05) is 18.7 Å². The van der Waals surface area contributed by atoms with Crippen molar-refractivity contribution in [3.05, 3.63) is 23.8 Å². The summed E-state index contributed by atoms with van der Waals surface area (Å²) in [6.07, 6.45) is -0.107. The molecule has 0 aliphatic heterocycles. The van der Waals surface area contributed by atoms with Crippen LogP contribution >= 0.6 is 0 Å². The van der Waals surface area contributed by atoms with E-state index in [1.807, 2.05) is 0 Å². The summed E-state index contributed by atoms with van der Waals surface area (Å²) in [7, 11) is 1.48. The number of hydrogen-bond acceptors (Lipinski definition) is 3. The molecule has 0 aliphatic carbocycles. The van der Waals surface area contributed by atoms with Crippen LogP contribution in [0.4, 0.5) is 5.69 Å². The number of aliphatic carboxylic acids is 1. The molecule has 1 rings (SSSR count). The predicted octanol–water partition coefficient (Wildman–Crippen LogP) is 1.28. The molecule has 0 heterocycles. The number of carbonyl (C=O) groups excluding carboxylic acids is 1. The minimum atomic E-state index is -0.929. The van der Waals surface area contributed by atoms with Gasteiger partial charge < -0.3 is 15.2 Å². The molecule has 16 heavy (non-hydrogen) atoms. The third-order valence-corrected chi connectivity index (χ3v) is 1.88. The molecule has 0 radical (unpaired) electrons. The third-order valence-electron chi connectivity index (χ3n) is 1.88. The van der Waals surface area contributed by atoms with Gasteiger partial charge in [0.1, 0.15) is 5.75 Å². The molecule has 5 heteroatoms. The lowest BCUT2D eigenvalue weighted by molar-refractivity contribution is -0.136. The minimum Gasteiger partial charge on any atom is -0.497 e. The average molecular weight is 223 g/mol. The summed E-state index contributed by atoms with van der Waals surface area (Å²) in [6, 6.07) is 4.87. The van der Waals surface area contributed by atoms with Crippen LogP contribution in [0.3, 0.4) is 0 Å². The zero-order chi connectivity index (χ0) is 12.1. The van der Waals surface area contributed by atoms with Gasteiger partial charge in [-0.2, -0.15) is 0 Å². The molecule has 0 bridgehead atoms. The molecule has 0 saturated carbocycles. The van der Waals surface area contributed by atoms with Crippen LogP contribution in [0.1, 0.15) is 12.5 Å². The number of anilines is 1. The van der Waals surface area contributed by atoms with Crippen LogP contribution in [-0.2, 0) is 16.0 Å². The zero-order valence-corrected chi connectivity index (χ0v) is 9.11. The van der Waals surface area contributed by atoms with Crippen molar-refractivity contribution in [3.8, 4) is 5.75 Å². The maximum atomic E-state index is 10.9. The van der Waals surface area contributed by atoms with Crippen LogP contribution in [0, 0.1) is 0 Å². The maximum absolute atomic E-state index is 10.9. The van der Waals surface area contributed by atoms with Crippen LogP contribution < -0.4 is 10.1 Å². The van der Waals surface area contributed by atoms with E-state index in [4.69, 9.17) is 9.84 Å². The van der Waals surface area contributed by atoms with E-state index < -0.39 is 5.97 Å². The molecule has 0 unspecified atom stereocenters. The van der Waals surface area contributed by atoms with Gasteiger partial charge in [-0.1, -0.05) is 0 Å². The van der Waals surface area contributed by atoms with Gasteiger partial charge in [-0.05, 0) is 17.7 Å². The number of rotatable bonds is 4. The standard InChI is InChI=1S/C11H13NO4/c1-7(13)12-9-3-8(5-11(14)15)4-10(6-9)16-2/h3-4,6H,5H2,1-2H3,(H,12,13)(H,14,15). The van der Waals surface area contributed by atoms with Crippen molar-refractivity contribution < 1.29 is 19.4 Å². The van der Waals surface area contributed by atoms with Crippen LogP contribution in [0.15, 0.2) is 18.2 Å². The van der Waals surface area contributed by atoms with Gasteiger partial charge in [0.15, 0.2) is 0 Å². The van der Waals surface area contributed by atoms with Crippen molar-refractivity contribution >= 4 is 17.6 Å². The first-order chi connectivity index (χ1) is 7.51. The molecule has 2 N–H and O–H groups in total. The number of carboxylic acid groups (broad SMARTS) is 1. The zero-order valence-electron chi connectivity index (χ0n) is 9.11. The fourth-order valence-electron chi connectivity index (χ4n) is 1.33. The molecule has 86 valence electrons. The van der Waals surface area contributed by atoms with Crippen molar-refractivity contribution in [2.45, 2.75) is 13.3 Å². The summed E-state index contributed by atoms with van der Waals surface area (Å²) < 4.78 is 5.01. The Morgan fingerprint density at radius 1 is 1.38 bits per heavy atom. The average Bonchev–Trinajstić information content (AvgIpc) is 2.14. The molecular formula is C11H13NO4. The highest BCUT2D eigenvalue weighted by atomic mass is 16.5. The number of carboxylic acids is 1. The second kappa shape index (κ2) is 5.16. The lowest BCUT2D eigenvalue weighted by Crippen LogP contribution is -2.07. The Bertz CT molecular complexity index is 380. The van der Waals surface area contributed by atoms with Gasteiger partial charge in [-0.15, -0.1) is 0 Å². The van der Waals surface area contributed by atoms with Gasteiger partial charge in [-0.3, -0.25) is 9.59 Å². The largest absolute Gasteiger partial charge is 0.497 e. The summed E-state index contributed by atoms with van der Waals surface area (Å²) in [6.45, 7) is 1.39. The SMILES string of the molecule is COc1cc(CC(=O)O)cc(NC(C)=O)c1. The quantitative estimate of drug-likeness (QED) is 0.806. The van der Waals surface area contributed by atoms with Crippen LogP contribution in [0.25, 0.3) is 0 Å². The minimum absolute atomic E-state index is 0.107. The van der Waals surface area contributed by atoms with Crippen molar-refractivity contribution in [3.63, 3.8) is 0 Å². The van der Waals surface area contributed by atoms with Crippen molar-refractivity contribution in [2.24, 2.45) is 0 Å². The first-order valence-corrected chi connectivity index (χ1v) is 4.68. The lowest BCUT2D eigenvalue weighted by atomic mass is 10.1. The second-order valence-corrected chi connectivity index (χ2v) is 3.32. The molecule has 0 aromatic heterocycles. The summed E-state index contributed by atoms with van der Waals surface area (Å²) in [4.78, 5) is 21.5. The van der Waals surface area contributed by atoms with E-state index in [9.17, 15) is 9.59 Å². The van der Waals surface area contributed by atoms with Crippen molar-refractivity contribution in [1.82, 2.24) is 0 Å². The van der Waals surface area contributed by atoms with Gasteiger partial charge in [0.05, 0.1) is 13.5 Å². The summed E-state index contributed by atoms with van der Waals surface area (Å²) in [5.74, 6) is -0.626. The van der Waals surface area contributed by atoms with E-state index >= 15 is 0 Å². The second-order valence-electron chi connectivity index (χ2n) is 3.32. The summed E-state index contributed by atoms with van der Waals surface area (Å²) >= 11 is 0. The Labute approximate surface area is 93.0 Å². The van der Waals surface area contributed by atoms with E-state index in [1.165, 1.54) is 14.0 Å². The topological polar surface area (TPSA) is 75.6 Å². The first kappa shape index (κ1) is 12.0. The highest BCUT2D eigenvalue weighted by Crippen LogP contribution is 2.21. The molecule has 1 aromatic carbocycles. The number of hydrogen-bond donors (Lipinski definition) is 2. The number of nitrogens with one attached hydrogen (secondary N) is 1. The summed E-state index contributed by atoms with van der Waals surface area (Å²) in [5, 5.41) is 11.3. The maximum Gasteiger partial charge on any atom is 0.307 e. The third kappa shape index (κ3) is 3.61. The normalized spacial score (nSPS) is 9.62. The molecule has 0 fully saturated rings. The van der Waals surface area contributed by atoms with E-state index in [2.05, 4.69) is 5.32 Å². The molecule has 1 aromatic rings. The van der Waals surface area contributed by atoms with Gasteiger partial charge in [0.25, 0.3) is 0 Å². The number of amides is 1. The van der Waals surface area contributed by atoms with E-state index in [0.717, 1.165) is 0 Å². The van der Waals surface area contributed by atoms with Crippen LogP contribution in [0.2, 0.25) is 0 Å². The van der Waals surface area contributed by atoms with Gasteiger partial charge >= 0.3 is 5.97 Å². The molecule has 1 amide bonds. The smallest absolute Gasteiger partial charge is 0.307 e. The number of benzene rings is 1. The van der Waals surface area contributed by atoms with Crippen LogP contribution in [0.5, 0.6) is 5.75 Å². The highest BCUT2D eigenvalue weighted by molar-refractivity contribution is 5.89. The monoisotopic (exact) mass is 223 g/mol. The number of carbonyl (C=O) groups is 2. The number of methoxy groups -OCH3 is 1. The van der Waals surface area contributed by atoms with E-state index in [0.29, 0.717) is 17.0 Å². The van der Waals surface area contributed by atoms with Crippen molar-refractivity contribution in [2.75, 3.05) is 12.4 Å². The lowest BCUT2D eigenvalue weighted by Gasteiger charge is -2.08. The van der Waals surface area contributed by atoms with Crippen molar-refractivity contribution in [1.29, 1.82) is 0 Å². The Morgan fingerprint density at radius 2 is 2.06 bits per heavy atom. The van der Waals surface area contributed by atoms with Gasteiger partial charge in [0.2, 0.25) is 5.91 Å². The van der Waals surface area contributed by atoms with E-state index in [1.54, 1.807) is 18.2 Å². The fourth-order valence-corrected chi connectivity index (χ4v) is 1.33. The first-order valence-electron chi connectivity index (χ1n) is 4.68. The fraction of sp³-hybridized carbons (Fsp3) is 0.273. The number of ether oxygens (including phenoxy) is 1. The summed E-state index contributed by atoms with van der Waals surface area (Å²) in [5.41, 5.74) is 1.11. The Balaban J connectivity index is 3.00. The Morgan fingerprint density at radius 3 is 2.56 bits per heavy atom. The highest BCUT2D eigenvalue weighted by Gasteiger charge is 2.06. The molecule has 0 saturated heterocycles. The Hall–Kier alpha value is -2.04. The van der Waals surface area contributed by atoms with Crippen LogP contribution in [-0.4, -0.2) is 24.1 Å². The molecule has 0 spiro atoms. The van der Waals surface area contributed by atoms with E-state index in [-0.39, 0.29) is 12.3 Å². The van der Waals surface area contributed by atoms with Gasteiger partial charge in [-0.25, -0.2) is 0 Å². The predicted molar refractivity (Wildman–Crippen MR) is 58.6 cm³/mol. The molecular weight excluding hydrogens is 210 g/mol. The molecule has 0 atom stereocenters. The molecule has 5 nitrogen and oxygen atoms in total.